The van der Waals surface area contributed by atoms with Crippen LogP contribution in [0.4, 0.5) is 0 Å². The van der Waals surface area contributed by atoms with Crippen molar-refractivity contribution in [3.63, 3.8) is 0 Å². The average Bonchev–Trinajstić information content (AvgIpc) is 2.04. The molecule has 3 heteroatoms. The largest absolute Gasteiger partial charge is 0.326 e. The average molecular weight is 149 g/mol. The maximum atomic E-state index is 5.41. The van der Waals surface area contributed by atoms with Crippen LogP contribution >= 0.6 is 0 Å². The zero-order valence-corrected chi connectivity index (χ0v) is 6.54. The summed E-state index contributed by atoms with van der Waals surface area (Å²) in [5, 5.41) is 0. The first-order chi connectivity index (χ1) is 5.25. The Balaban J connectivity index is 3.03. The molecule has 0 saturated heterocycles. The predicted molar refractivity (Wildman–Crippen MR) is 44.9 cm³/mol. The van der Waals surface area contributed by atoms with Crippen LogP contribution in [0.5, 0.6) is 0 Å². The number of nitrogens with two attached hydrogens (primary N) is 1. The molecule has 1 aromatic rings. The van der Waals surface area contributed by atoms with E-state index in [9.17, 15) is 0 Å². The molecule has 0 spiro atoms. The third-order valence-corrected chi connectivity index (χ3v) is 1.46. The molecule has 0 amide bonds. The molecule has 0 aliphatic heterocycles. The van der Waals surface area contributed by atoms with Gasteiger partial charge in [-0.1, -0.05) is 6.58 Å². The second-order valence-electron chi connectivity index (χ2n) is 2.30. The molecule has 0 aromatic carbocycles. The fraction of sp³-hybridized carbons (Fsp3) is 0.250. The summed E-state index contributed by atoms with van der Waals surface area (Å²) in [7, 11) is 0. The van der Waals surface area contributed by atoms with Crippen molar-refractivity contribution in [1.29, 1.82) is 0 Å². The Labute approximate surface area is 66.0 Å². The molecule has 11 heavy (non-hydrogen) atoms. The summed E-state index contributed by atoms with van der Waals surface area (Å²) < 4.78 is 0. The topological polar surface area (TPSA) is 51.8 Å². The molecular weight excluding hydrogens is 138 g/mol. The van der Waals surface area contributed by atoms with E-state index in [1.807, 2.05) is 6.92 Å². The van der Waals surface area contributed by atoms with Crippen LogP contribution in [0.1, 0.15) is 11.4 Å². The molecule has 0 bridgehead atoms. The van der Waals surface area contributed by atoms with Gasteiger partial charge in [-0.05, 0) is 12.5 Å². The van der Waals surface area contributed by atoms with Gasteiger partial charge in [0, 0.05) is 18.9 Å². The lowest BCUT2D eigenvalue weighted by Crippen LogP contribution is -2.04. The quantitative estimate of drug-likeness (QED) is 0.675. The van der Waals surface area contributed by atoms with Gasteiger partial charge in [0.2, 0.25) is 0 Å². The zero-order valence-electron chi connectivity index (χ0n) is 6.54. The highest BCUT2D eigenvalue weighted by Gasteiger charge is 2.01. The van der Waals surface area contributed by atoms with E-state index in [2.05, 4.69) is 16.5 Å². The standard InChI is InChI=1S/C8H11N3/c1-6(5-9)8-7(2)10-3-4-11-8/h3-4H,1,5,9H2,2H3. The molecule has 1 aromatic heterocycles. The number of nitrogens with zero attached hydrogens (tertiary/aromatic N) is 2. The summed E-state index contributed by atoms with van der Waals surface area (Å²) in [6, 6.07) is 0. The number of rotatable bonds is 2. The van der Waals surface area contributed by atoms with Crippen LogP contribution in [0.2, 0.25) is 0 Å². The van der Waals surface area contributed by atoms with Crippen molar-refractivity contribution in [3.05, 3.63) is 30.4 Å². The maximum Gasteiger partial charge on any atom is 0.0881 e. The van der Waals surface area contributed by atoms with Crippen molar-refractivity contribution >= 4 is 5.57 Å². The number of aryl methyl sites for hydroxylation is 1. The van der Waals surface area contributed by atoms with Gasteiger partial charge in [0.15, 0.2) is 0 Å². The van der Waals surface area contributed by atoms with Gasteiger partial charge in [-0.2, -0.15) is 0 Å². The lowest BCUT2D eigenvalue weighted by molar-refractivity contribution is 1.07. The lowest BCUT2D eigenvalue weighted by Gasteiger charge is -2.02. The minimum atomic E-state index is 0.430. The Bertz CT molecular complexity index is 268. The molecular formula is C8H11N3. The van der Waals surface area contributed by atoms with E-state index in [4.69, 9.17) is 5.73 Å². The summed E-state index contributed by atoms with van der Waals surface area (Å²) in [5.41, 5.74) is 7.93. The second-order valence-corrected chi connectivity index (χ2v) is 2.30. The summed E-state index contributed by atoms with van der Waals surface area (Å²) in [6.07, 6.45) is 3.30. The van der Waals surface area contributed by atoms with Gasteiger partial charge in [0.25, 0.3) is 0 Å². The van der Waals surface area contributed by atoms with E-state index in [0.29, 0.717) is 6.54 Å². The van der Waals surface area contributed by atoms with E-state index in [1.54, 1.807) is 12.4 Å². The highest BCUT2D eigenvalue weighted by atomic mass is 14.8. The number of hydrogen-bond acceptors (Lipinski definition) is 3. The molecule has 1 rings (SSSR count). The maximum absolute atomic E-state index is 5.41. The molecule has 0 saturated carbocycles. The van der Waals surface area contributed by atoms with Crippen LogP contribution in [0.3, 0.4) is 0 Å². The van der Waals surface area contributed by atoms with E-state index in [0.717, 1.165) is 17.0 Å². The molecule has 3 nitrogen and oxygen atoms in total. The fourth-order valence-corrected chi connectivity index (χ4v) is 0.851. The minimum Gasteiger partial charge on any atom is -0.326 e. The minimum absolute atomic E-state index is 0.430. The lowest BCUT2D eigenvalue weighted by atomic mass is 10.2. The molecule has 1 heterocycles. The third-order valence-electron chi connectivity index (χ3n) is 1.46. The first-order valence-corrected chi connectivity index (χ1v) is 3.41. The Morgan fingerprint density at radius 3 is 2.73 bits per heavy atom. The van der Waals surface area contributed by atoms with Gasteiger partial charge in [-0.25, -0.2) is 0 Å². The van der Waals surface area contributed by atoms with Crippen LogP contribution in [-0.2, 0) is 0 Å². The van der Waals surface area contributed by atoms with Crippen LogP contribution in [0, 0.1) is 6.92 Å². The van der Waals surface area contributed by atoms with Gasteiger partial charge in [0.05, 0.1) is 11.4 Å². The molecule has 0 atom stereocenters. The van der Waals surface area contributed by atoms with Crippen molar-refractivity contribution in [2.24, 2.45) is 5.73 Å². The highest BCUT2D eigenvalue weighted by Crippen LogP contribution is 2.09. The summed E-state index contributed by atoms with van der Waals surface area (Å²) in [4.78, 5) is 8.18. The monoisotopic (exact) mass is 149 g/mol. The van der Waals surface area contributed by atoms with Gasteiger partial charge >= 0.3 is 0 Å². The van der Waals surface area contributed by atoms with Gasteiger partial charge in [0.1, 0.15) is 0 Å². The smallest absolute Gasteiger partial charge is 0.0881 e. The van der Waals surface area contributed by atoms with Crippen molar-refractivity contribution < 1.29 is 0 Å². The molecule has 0 aliphatic carbocycles. The molecule has 2 N–H and O–H groups in total. The summed E-state index contributed by atoms with van der Waals surface area (Å²) >= 11 is 0. The molecule has 0 radical (unpaired) electrons. The van der Waals surface area contributed by atoms with E-state index >= 15 is 0 Å². The van der Waals surface area contributed by atoms with E-state index < -0.39 is 0 Å². The first-order valence-electron chi connectivity index (χ1n) is 3.41. The number of hydrogen-bond donors (Lipinski definition) is 1. The zero-order chi connectivity index (χ0) is 8.27. The van der Waals surface area contributed by atoms with Crippen LogP contribution in [0.15, 0.2) is 19.0 Å². The van der Waals surface area contributed by atoms with Gasteiger partial charge in [-0.3, -0.25) is 9.97 Å². The van der Waals surface area contributed by atoms with Crippen LogP contribution in [-0.4, -0.2) is 16.5 Å². The van der Waals surface area contributed by atoms with Crippen molar-refractivity contribution in [2.45, 2.75) is 6.92 Å². The molecule has 0 fully saturated rings. The summed E-state index contributed by atoms with van der Waals surface area (Å²) in [6.45, 7) is 6.10. The van der Waals surface area contributed by atoms with Crippen LogP contribution in [0.25, 0.3) is 5.57 Å². The molecule has 0 unspecified atom stereocenters. The second kappa shape index (κ2) is 3.25. The summed E-state index contributed by atoms with van der Waals surface area (Å²) in [5.74, 6) is 0. The molecule has 58 valence electrons. The Morgan fingerprint density at radius 2 is 2.18 bits per heavy atom. The van der Waals surface area contributed by atoms with E-state index in [1.165, 1.54) is 0 Å². The third kappa shape index (κ3) is 1.62. The van der Waals surface area contributed by atoms with Crippen LogP contribution < -0.4 is 5.73 Å². The first kappa shape index (κ1) is 7.88. The van der Waals surface area contributed by atoms with Crippen molar-refractivity contribution in [2.75, 3.05) is 6.54 Å². The van der Waals surface area contributed by atoms with Gasteiger partial charge < -0.3 is 5.73 Å². The van der Waals surface area contributed by atoms with Crippen molar-refractivity contribution in [1.82, 2.24) is 9.97 Å². The fourth-order valence-electron chi connectivity index (χ4n) is 0.851. The Kier molecular flexibility index (Phi) is 2.33. The predicted octanol–water partition coefficient (Wildman–Crippen LogP) is 0.757. The Morgan fingerprint density at radius 1 is 1.55 bits per heavy atom. The molecule has 0 aliphatic rings. The van der Waals surface area contributed by atoms with Gasteiger partial charge in [-0.15, -0.1) is 0 Å². The van der Waals surface area contributed by atoms with Crippen molar-refractivity contribution in [3.8, 4) is 0 Å². The number of aromatic nitrogens is 2. The normalized spacial score (nSPS) is 9.64. The highest BCUT2D eigenvalue weighted by molar-refractivity contribution is 5.62. The Hall–Kier alpha value is -1.22. The SMILES string of the molecule is C=C(CN)c1nccnc1C. The van der Waals surface area contributed by atoms with E-state index in [-0.39, 0.29) is 0 Å².